The largest absolute Gasteiger partial charge is 0.335 e. The Labute approximate surface area is 115 Å². The number of hydrogen-bond acceptors (Lipinski definition) is 2. The molecule has 3 nitrogen and oxygen atoms in total. The smallest absolute Gasteiger partial charge is 0.286 e. The van der Waals surface area contributed by atoms with Crippen molar-refractivity contribution >= 4 is 12.2 Å². The molecule has 19 heavy (non-hydrogen) atoms. The second-order valence-corrected chi connectivity index (χ2v) is 6.15. The van der Waals surface area contributed by atoms with E-state index in [0.717, 1.165) is 16.7 Å². The molecule has 1 aromatic rings. The molecule has 0 heterocycles. The molecular weight excluding hydrogens is 238 g/mol. The first-order valence-corrected chi connectivity index (χ1v) is 6.47. The van der Waals surface area contributed by atoms with Gasteiger partial charge < -0.3 is 4.90 Å². The first kappa shape index (κ1) is 15.4. The number of likely N-dealkylation sites (N-methyl/N-ethyl adjacent to an activating group) is 1. The average molecular weight is 261 g/mol. The zero-order valence-electron chi connectivity index (χ0n) is 12.7. The van der Waals surface area contributed by atoms with Gasteiger partial charge in [0.2, 0.25) is 6.29 Å². The van der Waals surface area contributed by atoms with E-state index in [4.69, 9.17) is 0 Å². The lowest BCUT2D eigenvalue weighted by molar-refractivity contribution is -0.138. The van der Waals surface area contributed by atoms with Gasteiger partial charge in [-0.05, 0) is 41.5 Å². The Kier molecular flexibility index (Phi) is 4.51. The van der Waals surface area contributed by atoms with Crippen LogP contribution in [0.3, 0.4) is 0 Å². The average Bonchev–Trinajstić information content (AvgIpc) is 2.30. The van der Waals surface area contributed by atoms with Gasteiger partial charge in [-0.25, -0.2) is 0 Å². The predicted octanol–water partition coefficient (Wildman–Crippen LogP) is 2.76. The van der Waals surface area contributed by atoms with Crippen LogP contribution in [0.1, 0.15) is 43.0 Å². The topological polar surface area (TPSA) is 37.4 Å². The van der Waals surface area contributed by atoms with E-state index in [1.807, 2.05) is 0 Å². The van der Waals surface area contributed by atoms with Gasteiger partial charge >= 0.3 is 0 Å². The van der Waals surface area contributed by atoms with E-state index in [1.54, 1.807) is 7.05 Å². The van der Waals surface area contributed by atoms with Crippen LogP contribution in [0, 0.1) is 13.8 Å². The summed E-state index contributed by atoms with van der Waals surface area (Å²) in [5.74, 6) is -0.487. The summed E-state index contributed by atoms with van der Waals surface area (Å²) in [6.07, 6.45) is 0.355. The van der Waals surface area contributed by atoms with Gasteiger partial charge in [-0.15, -0.1) is 0 Å². The molecule has 0 radical (unpaired) electrons. The monoisotopic (exact) mass is 261 g/mol. The summed E-state index contributed by atoms with van der Waals surface area (Å²) < 4.78 is 0. The lowest BCUT2D eigenvalue weighted by atomic mass is 9.84. The van der Waals surface area contributed by atoms with Gasteiger partial charge in [-0.3, -0.25) is 9.59 Å². The quantitative estimate of drug-likeness (QED) is 0.620. The van der Waals surface area contributed by atoms with Crippen LogP contribution in [-0.2, 0) is 21.5 Å². The minimum atomic E-state index is -0.487. The van der Waals surface area contributed by atoms with Crippen molar-refractivity contribution in [3.8, 4) is 0 Å². The zero-order valence-corrected chi connectivity index (χ0v) is 12.7. The maximum Gasteiger partial charge on any atom is 0.286 e. The van der Waals surface area contributed by atoms with Gasteiger partial charge in [0.15, 0.2) is 0 Å². The van der Waals surface area contributed by atoms with Crippen molar-refractivity contribution < 1.29 is 9.59 Å². The third kappa shape index (κ3) is 3.66. The Hall–Kier alpha value is -1.64. The van der Waals surface area contributed by atoms with E-state index >= 15 is 0 Å². The summed E-state index contributed by atoms with van der Waals surface area (Å²) in [6.45, 7) is 11.1. The number of carbonyl (C=O) groups is 2. The molecular formula is C16H23NO2. The molecule has 0 aliphatic carbocycles. The highest BCUT2D eigenvalue weighted by Crippen LogP contribution is 2.27. The predicted molar refractivity (Wildman–Crippen MR) is 77.2 cm³/mol. The molecule has 3 heteroatoms. The van der Waals surface area contributed by atoms with E-state index in [0.29, 0.717) is 12.8 Å². The van der Waals surface area contributed by atoms with Crippen LogP contribution in [0.5, 0.6) is 0 Å². The fourth-order valence-corrected chi connectivity index (χ4v) is 2.08. The summed E-state index contributed by atoms with van der Waals surface area (Å²) in [6, 6.07) is 4.34. The summed E-state index contributed by atoms with van der Waals surface area (Å²) >= 11 is 0. The molecule has 104 valence electrons. The van der Waals surface area contributed by atoms with Crippen molar-refractivity contribution in [3.05, 3.63) is 34.4 Å². The Morgan fingerprint density at radius 1 is 1.21 bits per heavy atom. The van der Waals surface area contributed by atoms with Gasteiger partial charge in [0.05, 0.1) is 0 Å². The van der Waals surface area contributed by atoms with Crippen LogP contribution in [0.2, 0.25) is 0 Å². The van der Waals surface area contributed by atoms with E-state index in [1.165, 1.54) is 10.5 Å². The van der Waals surface area contributed by atoms with Crippen molar-refractivity contribution in [2.75, 3.05) is 7.05 Å². The number of aldehydes is 1. The normalized spacial score (nSPS) is 11.3. The number of rotatable bonds is 3. The number of benzene rings is 1. The molecule has 0 aliphatic heterocycles. The number of amides is 1. The first-order chi connectivity index (χ1) is 8.66. The summed E-state index contributed by atoms with van der Waals surface area (Å²) in [7, 11) is 1.65. The summed E-state index contributed by atoms with van der Waals surface area (Å²) in [5.41, 5.74) is 4.84. The number of hydrogen-bond donors (Lipinski definition) is 0. The molecule has 0 saturated heterocycles. The molecule has 0 saturated carbocycles. The Bertz CT molecular complexity index is 475. The van der Waals surface area contributed by atoms with Crippen LogP contribution >= 0.6 is 0 Å². The maximum absolute atomic E-state index is 11.3. The van der Waals surface area contributed by atoms with Crippen molar-refractivity contribution in [2.24, 2.45) is 0 Å². The Morgan fingerprint density at radius 2 is 1.68 bits per heavy atom. The molecule has 0 fully saturated rings. The van der Waals surface area contributed by atoms with Crippen LogP contribution in [0.4, 0.5) is 0 Å². The van der Waals surface area contributed by atoms with Crippen LogP contribution in [0.15, 0.2) is 12.1 Å². The number of aryl methyl sites for hydroxylation is 2. The third-order valence-electron chi connectivity index (χ3n) is 3.43. The highest BCUT2D eigenvalue weighted by Gasteiger charge is 2.17. The molecule has 1 aromatic carbocycles. The lowest BCUT2D eigenvalue weighted by Crippen LogP contribution is -2.27. The first-order valence-electron chi connectivity index (χ1n) is 6.47. The SMILES string of the molecule is Cc1cc(C(C)(C)C)cc(C)c1CN(C)C(=O)C=O. The molecule has 0 aromatic heterocycles. The molecule has 0 unspecified atom stereocenters. The Balaban J connectivity index is 3.11. The van der Waals surface area contributed by atoms with Crippen molar-refractivity contribution in [1.82, 2.24) is 4.90 Å². The minimum Gasteiger partial charge on any atom is -0.335 e. The minimum absolute atomic E-state index is 0.110. The van der Waals surface area contributed by atoms with Gasteiger partial charge in [0.1, 0.15) is 0 Å². The van der Waals surface area contributed by atoms with E-state index in [-0.39, 0.29) is 5.41 Å². The fourth-order valence-electron chi connectivity index (χ4n) is 2.08. The van der Waals surface area contributed by atoms with Gasteiger partial charge in [-0.1, -0.05) is 32.9 Å². The van der Waals surface area contributed by atoms with Gasteiger partial charge in [0.25, 0.3) is 5.91 Å². The van der Waals surface area contributed by atoms with Gasteiger partial charge in [-0.2, -0.15) is 0 Å². The van der Waals surface area contributed by atoms with Crippen molar-refractivity contribution in [2.45, 2.75) is 46.6 Å². The molecule has 1 amide bonds. The second-order valence-electron chi connectivity index (χ2n) is 6.15. The molecule has 0 spiro atoms. The Morgan fingerprint density at radius 3 is 2.05 bits per heavy atom. The fraction of sp³-hybridized carbons (Fsp3) is 0.500. The molecule has 0 atom stereocenters. The molecule has 0 bridgehead atoms. The van der Waals surface area contributed by atoms with Crippen molar-refractivity contribution in [1.29, 1.82) is 0 Å². The van der Waals surface area contributed by atoms with E-state index in [2.05, 4.69) is 46.8 Å². The van der Waals surface area contributed by atoms with Crippen molar-refractivity contribution in [3.63, 3.8) is 0 Å². The zero-order chi connectivity index (χ0) is 14.8. The lowest BCUT2D eigenvalue weighted by Gasteiger charge is -2.24. The van der Waals surface area contributed by atoms with Crippen LogP contribution in [-0.4, -0.2) is 24.1 Å². The third-order valence-corrected chi connectivity index (χ3v) is 3.43. The highest BCUT2D eigenvalue weighted by atomic mass is 16.2. The van der Waals surface area contributed by atoms with E-state index in [9.17, 15) is 9.59 Å². The summed E-state index contributed by atoms with van der Waals surface area (Å²) in [5, 5.41) is 0. The highest BCUT2D eigenvalue weighted by molar-refractivity contribution is 6.23. The van der Waals surface area contributed by atoms with Gasteiger partial charge in [0, 0.05) is 13.6 Å². The summed E-state index contributed by atoms with van der Waals surface area (Å²) in [4.78, 5) is 23.3. The number of carbonyl (C=O) groups excluding carboxylic acids is 2. The maximum atomic E-state index is 11.3. The standard InChI is InChI=1S/C16H23NO2/c1-11-7-13(16(3,4)5)8-12(2)14(11)9-17(6)15(19)10-18/h7-8,10H,9H2,1-6H3. The number of nitrogens with zero attached hydrogens (tertiary/aromatic N) is 1. The molecule has 1 rings (SSSR count). The second kappa shape index (κ2) is 5.55. The van der Waals surface area contributed by atoms with Crippen LogP contribution in [0.25, 0.3) is 0 Å². The van der Waals surface area contributed by atoms with Crippen LogP contribution < -0.4 is 0 Å². The van der Waals surface area contributed by atoms with E-state index < -0.39 is 5.91 Å². The molecule has 0 aliphatic rings. The molecule has 0 N–H and O–H groups in total.